The van der Waals surface area contributed by atoms with Crippen LogP contribution >= 0.6 is 11.8 Å². The third-order valence-corrected chi connectivity index (χ3v) is 9.30. The number of allylic oxidation sites excluding steroid dienone is 1. The van der Waals surface area contributed by atoms with Gasteiger partial charge in [-0.2, -0.15) is 0 Å². The molecule has 4 aromatic carbocycles. The van der Waals surface area contributed by atoms with Crippen molar-refractivity contribution in [1.82, 2.24) is 10.2 Å². The van der Waals surface area contributed by atoms with Gasteiger partial charge in [0.15, 0.2) is 0 Å². The molecular weight excluding hydrogens is 470 g/mol. The molecule has 1 aliphatic carbocycles. The standard InChI is InChI=1S/C33H33N3S/c1-22-20-24-11-10-23-6-2-3-7-26(23)32(24)31(22)33-27-8-4-5-9-29(27)37-30-21-25(12-13-28(30)33)35-16-19-36-17-14-34-15-18-36/h2-13,21-22,34-35H,14-20H2,1H3. The van der Waals surface area contributed by atoms with E-state index in [9.17, 15) is 0 Å². The lowest BCUT2D eigenvalue weighted by molar-refractivity contribution is 0.249. The maximum atomic E-state index is 3.71. The Labute approximate surface area is 224 Å². The summed E-state index contributed by atoms with van der Waals surface area (Å²) in [5.74, 6) is 0.483. The molecule has 7 rings (SSSR count). The Morgan fingerprint density at radius 3 is 2.62 bits per heavy atom. The second-order valence-electron chi connectivity index (χ2n) is 10.5. The van der Waals surface area contributed by atoms with E-state index in [1.54, 1.807) is 0 Å². The third-order valence-electron chi connectivity index (χ3n) is 8.17. The maximum absolute atomic E-state index is 3.71. The quantitative estimate of drug-likeness (QED) is 0.283. The summed E-state index contributed by atoms with van der Waals surface area (Å²) in [6.07, 6.45) is 1.11. The minimum absolute atomic E-state index is 0.483. The molecule has 186 valence electrons. The molecule has 2 N–H and O–H groups in total. The second kappa shape index (κ2) is 9.68. The van der Waals surface area contributed by atoms with Gasteiger partial charge in [-0.15, -0.1) is 0 Å². The number of hydrogen-bond donors (Lipinski definition) is 2. The zero-order chi connectivity index (χ0) is 24.8. The smallest absolute Gasteiger partial charge is 0.0352 e. The molecule has 1 fully saturated rings. The SMILES string of the molecule is CC1Cc2ccc3ccccc3c2C1=C1c2ccccc2Sc2cc(NCCN3CCNCC3)ccc21. The number of rotatable bonds is 4. The molecular formula is C33H33N3S. The van der Waals surface area contributed by atoms with Crippen LogP contribution in [0.5, 0.6) is 0 Å². The van der Waals surface area contributed by atoms with E-state index in [2.05, 4.69) is 101 Å². The molecule has 3 aliphatic rings. The molecule has 4 aromatic rings. The molecule has 0 aromatic heterocycles. The van der Waals surface area contributed by atoms with Crippen molar-refractivity contribution >= 4 is 39.4 Å². The van der Waals surface area contributed by atoms with Crippen molar-refractivity contribution in [1.29, 1.82) is 0 Å². The molecule has 2 heterocycles. The Morgan fingerprint density at radius 2 is 1.70 bits per heavy atom. The molecule has 37 heavy (non-hydrogen) atoms. The number of benzene rings is 4. The van der Waals surface area contributed by atoms with Crippen LogP contribution in [0.2, 0.25) is 0 Å². The topological polar surface area (TPSA) is 27.3 Å². The monoisotopic (exact) mass is 503 g/mol. The van der Waals surface area contributed by atoms with E-state index in [-0.39, 0.29) is 0 Å². The zero-order valence-corrected chi connectivity index (χ0v) is 22.2. The van der Waals surface area contributed by atoms with Gasteiger partial charge in [-0.3, -0.25) is 4.90 Å². The first-order valence-corrected chi connectivity index (χ1v) is 14.4. The summed E-state index contributed by atoms with van der Waals surface area (Å²) in [6.45, 7) is 8.96. The Bertz CT molecular complexity index is 1520. The van der Waals surface area contributed by atoms with Gasteiger partial charge in [0, 0.05) is 54.7 Å². The lowest BCUT2D eigenvalue weighted by Crippen LogP contribution is -2.45. The van der Waals surface area contributed by atoms with Gasteiger partial charge in [0.2, 0.25) is 0 Å². The van der Waals surface area contributed by atoms with Crippen LogP contribution in [-0.4, -0.2) is 44.2 Å². The van der Waals surface area contributed by atoms with E-state index in [1.807, 2.05) is 11.8 Å². The lowest BCUT2D eigenvalue weighted by atomic mass is 9.85. The summed E-state index contributed by atoms with van der Waals surface area (Å²) in [5.41, 5.74) is 9.86. The van der Waals surface area contributed by atoms with Gasteiger partial charge in [0.25, 0.3) is 0 Å². The van der Waals surface area contributed by atoms with Crippen LogP contribution in [0.25, 0.3) is 21.9 Å². The van der Waals surface area contributed by atoms with Crippen LogP contribution in [0.4, 0.5) is 5.69 Å². The fraction of sp³-hybridized carbons (Fsp3) is 0.273. The van der Waals surface area contributed by atoms with E-state index in [1.165, 1.54) is 59.7 Å². The van der Waals surface area contributed by atoms with Gasteiger partial charge in [0.05, 0.1) is 0 Å². The van der Waals surface area contributed by atoms with Gasteiger partial charge in [0.1, 0.15) is 0 Å². The van der Waals surface area contributed by atoms with E-state index in [0.717, 1.165) is 45.7 Å². The fourth-order valence-electron chi connectivity index (χ4n) is 6.39. The summed E-state index contributed by atoms with van der Waals surface area (Å²) >= 11 is 1.91. The summed E-state index contributed by atoms with van der Waals surface area (Å²) in [7, 11) is 0. The molecule has 2 aliphatic heterocycles. The van der Waals surface area contributed by atoms with Crippen LogP contribution < -0.4 is 10.6 Å². The zero-order valence-electron chi connectivity index (χ0n) is 21.4. The van der Waals surface area contributed by atoms with Crippen molar-refractivity contribution in [2.45, 2.75) is 23.1 Å². The summed E-state index contributed by atoms with van der Waals surface area (Å²) < 4.78 is 0. The van der Waals surface area contributed by atoms with Crippen molar-refractivity contribution in [2.24, 2.45) is 5.92 Å². The number of piperazine rings is 1. The van der Waals surface area contributed by atoms with Gasteiger partial charge < -0.3 is 10.6 Å². The van der Waals surface area contributed by atoms with Crippen LogP contribution in [0.1, 0.15) is 29.2 Å². The third kappa shape index (κ3) is 4.17. The Kier molecular flexibility index (Phi) is 6.04. The van der Waals surface area contributed by atoms with Crippen LogP contribution in [0, 0.1) is 5.92 Å². The van der Waals surface area contributed by atoms with Gasteiger partial charge in [-0.05, 0) is 74.7 Å². The first-order chi connectivity index (χ1) is 18.3. The number of anilines is 1. The molecule has 0 saturated carbocycles. The van der Waals surface area contributed by atoms with Crippen molar-refractivity contribution in [3.8, 4) is 0 Å². The molecule has 0 bridgehead atoms. The number of nitrogens with zero attached hydrogens (tertiary/aromatic N) is 1. The van der Waals surface area contributed by atoms with Gasteiger partial charge in [-0.25, -0.2) is 0 Å². The van der Waals surface area contributed by atoms with Crippen molar-refractivity contribution in [2.75, 3.05) is 44.6 Å². The molecule has 4 heteroatoms. The minimum atomic E-state index is 0.483. The number of fused-ring (bicyclic) bond motifs is 5. The predicted octanol–water partition coefficient (Wildman–Crippen LogP) is 6.77. The Morgan fingerprint density at radius 1 is 0.892 bits per heavy atom. The highest BCUT2D eigenvalue weighted by Gasteiger charge is 2.32. The van der Waals surface area contributed by atoms with Crippen LogP contribution in [0.3, 0.4) is 0 Å². The van der Waals surface area contributed by atoms with Crippen LogP contribution in [-0.2, 0) is 6.42 Å². The number of hydrogen-bond acceptors (Lipinski definition) is 4. The van der Waals surface area contributed by atoms with Crippen molar-refractivity contribution in [3.05, 3.63) is 101 Å². The predicted molar refractivity (Wildman–Crippen MR) is 158 cm³/mol. The summed E-state index contributed by atoms with van der Waals surface area (Å²) in [6, 6.07) is 29.6. The molecule has 1 unspecified atom stereocenters. The second-order valence-corrected chi connectivity index (χ2v) is 11.6. The maximum Gasteiger partial charge on any atom is 0.0352 e. The fourth-order valence-corrected chi connectivity index (χ4v) is 7.52. The largest absolute Gasteiger partial charge is 0.384 e. The summed E-state index contributed by atoms with van der Waals surface area (Å²) in [4.78, 5) is 5.25. The lowest BCUT2D eigenvalue weighted by Gasteiger charge is -2.28. The number of nitrogens with one attached hydrogen (secondary N) is 2. The molecule has 3 nitrogen and oxygen atoms in total. The first-order valence-electron chi connectivity index (χ1n) is 13.6. The highest BCUT2D eigenvalue weighted by atomic mass is 32.2. The average molecular weight is 504 g/mol. The molecule has 1 atom stereocenters. The highest BCUT2D eigenvalue weighted by molar-refractivity contribution is 7.99. The van der Waals surface area contributed by atoms with Crippen molar-refractivity contribution in [3.63, 3.8) is 0 Å². The van der Waals surface area contributed by atoms with E-state index >= 15 is 0 Å². The van der Waals surface area contributed by atoms with Gasteiger partial charge in [-0.1, -0.05) is 79.3 Å². The Balaban J connectivity index is 1.32. The molecule has 0 amide bonds. The van der Waals surface area contributed by atoms with Gasteiger partial charge >= 0.3 is 0 Å². The summed E-state index contributed by atoms with van der Waals surface area (Å²) in [5, 5.41) is 9.86. The van der Waals surface area contributed by atoms with E-state index < -0.39 is 0 Å². The van der Waals surface area contributed by atoms with Crippen molar-refractivity contribution < 1.29 is 0 Å². The minimum Gasteiger partial charge on any atom is -0.384 e. The molecule has 1 saturated heterocycles. The first kappa shape index (κ1) is 23.1. The molecule has 0 radical (unpaired) electrons. The highest BCUT2D eigenvalue weighted by Crippen LogP contribution is 2.53. The van der Waals surface area contributed by atoms with E-state index in [4.69, 9.17) is 0 Å². The average Bonchev–Trinajstić information content (AvgIpc) is 3.28. The normalized spacial score (nSPS) is 20.9. The Hall–Kier alpha value is -3.05. The molecule has 0 spiro atoms. The van der Waals surface area contributed by atoms with E-state index in [0.29, 0.717) is 5.92 Å². The van der Waals surface area contributed by atoms with Crippen LogP contribution in [0.15, 0.2) is 88.7 Å².